The van der Waals surface area contributed by atoms with Crippen molar-refractivity contribution in [1.29, 1.82) is 0 Å². The summed E-state index contributed by atoms with van der Waals surface area (Å²) in [6.07, 6.45) is 2.63. The molecular weight excluding hydrogens is 220 g/mol. The highest BCUT2D eigenvalue weighted by Crippen LogP contribution is 2.18. The molecule has 1 aromatic rings. The minimum atomic E-state index is 0.423. The molecule has 1 atom stereocenters. The van der Waals surface area contributed by atoms with Crippen LogP contribution < -0.4 is 5.32 Å². The molecule has 0 saturated carbocycles. The Morgan fingerprint density at radius 3 is 3.12 bits per heavy atom. The minimum Gasteiger partial charge on any atom is -0.361 e. The number of nitrogens with one attached hydrogen (secondary N) is 1. The summed E-state index contributed by atoms with van der Waals surface area (Å²) in [6, 6.07) is 2.71. The molecule has 1 aliphatic heterocycles. The van der Waals surface area contributed by atoms with E-state index < -0.39 is 0 Å². The molecule has 0 spiro atoms. The molecule has 2 heterocycles. The van der Waals surface area contributed by atoms with Crippen LogP contribution in [-0.2, 0) is 6.54 Å². The van der Waals surface area contributed by atoms with Gasteiger partial charge in [0.2, 0.25) is 0 Å². The van der Waals surface area contributed by atoms with E-state index in [0.717, 1.165) is 18.0 Å². The Hall–Kier alpha value is -0.480. The van der Waals surface area contributed by atoms with Crippen molar-refractivity contribution in [3.8, 4) is 0 Å². The lowest BCUT2D eigenvalue weighted by Gasteiger charge is -2.21. The van der Waals surface area contributed by atoms with Crippen molar-refractivity contribution in [2.45, 2.75) is 45.2 Å². The number of nitrogens with zero attached hydrogens (tertiary/aromatic N) is 1. The summed E-state index contributed by atoms with van der Waals surface area (Å²) in [5.74, 6) is 3.95. The molecule has 16 heavy (non-hydrogen) atoms. The summed E-state index contributed by atoms with van der Waals surface area (Å²) in [5.41, 5.74) is 1.03. The third-order valence-electron chi connectivity index (χ3n) is 2.88. The highest BCUT2D eigenvalue weighted by atomic mass is 32.2. The van der Waals surface area contributed by atoms with E-state index in [-0.39, 0.29) is 0 Å². The smallest absolute Gasteiger partial charge is 0.139 e. The van der Waals surface area contributed by atoms with Gasteiger partial charge in [0, 0.05) is 30.3 Å². The third-order valence-corrected chi connectivity index (χ3v) is 4.09. The molecule has 0 aliphatic carbocycles. The molecule has 2 rings (SSSR count). The maximum atomic E-state index is 5.27. The molecule has 0 aromatic carbocycles. The van der Waals surface area contributed by atoms with Crippen LogP contribution in [0.15, 0.2) is 10.6 Å². The van der Waals surface area contributed by atoms with Crippen LogP contribution in [0.2, 0.25) is 0 Å². The Bertz CT molecular complexity index is 319. The molecule has 0 amide bonds. The third kappa shape index (κ3) is 3.25. The zero-order valence-corrected chi connectivity index (χ0v) is 10.8. The molecule has 4 heteroatoms. The van der Waals surface area contributed by atoms with Gasteiger partial charge < -0.3 is 9.84 Å². The van der Waals surface area contributed by atoms with Gasteiger partial charge in [-0.15, -0.1) is 0 Å². The average Bonchev–Trinajstić information content (AvgIpc) is 2.76. The first-order valence-corrected chi connectivity index (χ1v) is 7.18. The van der Waals surface area contributed by atoms with Crippen LogP contribution >= 0.6 is 11.8 Å². The molecular formula is C12H20N2OS. The van der Waals surface area contributed by atoms with E-state index in [2.05, 4.69) is 30.4 Å². The van der Waals surface area contributed by atoms with Gasteiger partial charge in [-0.25, -0.2) is 0 Å². The van der Waals surface area contributed by atoms with Crippen LogP contribution in [0, 0.1) is 0 Å². The molecule has 90 valence electrons. The lowest BCUT2D eigenvalue weighted by atomic mass is 10.1. The van der Waals surface area contributed by atoms with Crippen molar-refractivity contribution in [3.63, 3.8) is 0 Å². The quantitative estimate of drug-likeness (QED) is 0.878. The minimum absolute atomic E-state index is 0.423. The molecule has 1 aromatic heterocycles. The van der Waals surface area contributed by atoms with E-state index in [4.69, 9.17) is 4.52 Å². The Labute approximate surface area is 101 Å². The van der Waals surface area contributed by atoms with Crippen LogP contribution in [0.5, 0.6) is 0 Å². The fourth-order valence-corrected chi connectivity index (χ4v) is 2.94. The van der Waals surface area contributed by atoms with Crippen LogP contribution in [-0.4, -0.2) is 22.7 Å². The van der Waals surface area contributed by atoms with E-state index in [1.165, 1.54) is 24.3 Å². The highest BCUT2D eigenvalue weighted by molar-refractivity contribution is 7.99. The number of hydrogen-bond acceptors (Lipinski definition) is 4. The zero-order valence-electron chi connectivity index (χ0n) is 10.0. The lowest BCUT2D eigenvalue weighted by Crippen LogP contribution is -2.33. The summed E-state index contributed by atoms with van der Waals surface area (Å²) in [6.45, 7) is 5.08. The number of aromatic nitrogens is 1. The predicted molar refractivity (Wildman–Crippen MR) is 67.8 cm³/mol. The fraction of sp³-hybridized carbons (Fsp3) is 0.750. The maximum absolute atomic E-state index is 5.27. The van der Waals surface area contributed by atoms with E-state index in [1.54, 1.807) is 0 Å². The van der Waals surface area contributed by atoms with Gasteiger partial charge in [-0.1, -0.05) is 19.0 Å². The molecule has 1 N–H and O–H groups in total. The fourth-order valence-electron chi connectivity index (χ4n) is 1.83. The SMILES string of the molecule is CC(C)c1cc(CN[C@@H]2CCCSC2)no1. The van der Waals surface area contributed by atoms with Crippen molar-refractivity contribution in [2.75, 3.05) is 11.5 Å². The van der Waals surface area contributed by atoms with Crippen LogP contribution in [0.4, 0.5) is 0 Å². The maximum Gasteiger partial charge on any atom is 0.139 e. The second-order valence-electron chi connectivity index (χ2n) is 4.67. The van der Waals surface area contributed by atoms with Crippen LogP contribution in [0.25, 0.3) is 0 Å². The van der Waals surface area contributed by atoms with Gasteiger partial charge in [-0.3, -0.25) is 0 Å². The van der Waals surface area contributed by atoms with Crippen molar-refractivity contribution in [1.82, 2.24) is 10.5 Å². The first-order chi connectivity index (χ1) is 7.75. The van der Waals surface area contributed by atoms with Crippen molar-refractivity contribution in [3.05, 3.63) is 17.5 Å². The number of thioether (sulfide) groups is 1. The topological polar surface area (TPSA) is 38.1 Å². The summed E-state index contributed by atoms with van der Waals surface area (Å²) in [5, 5.41) is 7.62. The Kier molecular flexibility index (Phi) is 4.29. The average molecular weight is 240 g/mol. The molecule has 0 radical (unpaired) electrons. The van der Waals surface area contributed by atoms with Gasteiger partial charge in [-0.05, 0) is 18.6 Å². The van der Waals surface area contributed by atoms with Crippen molar-refractivity contribution >= 4 is 11.8 Å². The Balaban J connectivity index is 1.79. The largest absolute Gasteiger partial charge is 0.361 e. The van der Waals surface area contributed by atoms with Crippen molar-refractivity contribution < 1.29 is 4.52 Å². The molecule has 1 saturated heterocycles. The van der Waals surface area contributed by atoms with E-state index >= 15 is 0 Å². The summed E-state index contributed by atoms with van der Waals surface area (Å²) >= 11 is 2.04. The summed E-state index contributed by atoms with van der Waals surface area (Å²) in [4.78, 5) is 0. The number of hydrogen-bond donors (Lipinski definition) is 1. The molecule has 1 fully saturated rings. The molecule has 0 bridgehead atoms. The first-order valence-electron chi connectivity index (χ1n) is 6.02. The van der Waals surface area contributed by atoms with Gasteiger partial charge in [0.25, 0.3) is 0 Å². The van der Waals surface area contributed by atoms with Crippen molar-refractivity contribution in [2.24, 2.45) is 0 Å². The molecule has 0 unspecified atom stereocenters. The van der Waals surface area contributed by atoms with E-state index in [1.807, 2.05) is 11.8 Å². The van der Waals surface area contributed by atoms with Gasteiger partial charge in [0.15, 0.2) is 0 Å². The van der Waals surface area contributed by atoms with Gasteiger partial charge in [0.1, 0.15) is 5.76 Å². The Morgan fingerprint density at radius 2 is 2.50 bits per heavy atom. The second kappa shape index (κ2) is 5.73. The van der Waals surface area contributed by atoms with Gasteiger partial charge in [-0.2, -0.15) is 11.8 Å². The normalized spacial score (nSPS) is 21.6. The van der Waals surface area contributed by atoms with E-state index in [9.17, 15) is 0 Å². The molecule has 1 aliphatic rings. The lowest BCUT2D eigenvalue weighted by molar-refractivity contribution is 0.362. The number of rotatable bonds is 4. The first kappa shape index (κ1) is 12.0. The zero-order chi connectivity index (χ0) is 11.4. The second-order valence-corrected chi connectivity index (χ2v) is 5.82. The standard InChI is InChI=1S/C12H20N2OS/c1-9(2)12-6-11(14-15-12)7-13-10-4-3-5-16-8-10/h6,9-10,13H,3-5,7-8H2,1-2H3/t10-/m1/s1. The monoisotopic (exact) mass is 240 g/mol. The highest BCUT2D eigenvalue weighted by Gasteiger charge is 2.14. The van der Waals surface area contributed by atoms with Gasteiger partial charge in [0.05, 0.1) is 5.69 Å². The van der Waals surface area contributed by atoms with Crippen LogP contribution in [0.1, 0.15) is 44.1 Å². The molecule has 3 nitrogen and oxygen atoms in total. The van der Waals surface area contributed by atoms with Crippen LogP contribution in [0.3, 0.4) is 0 Å². The Morgan fingerprint density at radius 1 is 1.62 bits per heavy atom. The summed E-state index contributed by atoms with van der Waals surface area (Å²) < 4.78 is 5.27. The van der Waals surface area contributed by atoms with Gasteiger partial charge >= 0.3 is 0 Å². The predicted octanol–water partition coefficient (Wildman–Crippen LogP) is 2.78. The summed E-state index contributed by atoms with van der Waals surface area (Å²) in [7, 11) is 0. The van der Waals surface area contributed by atoms with E-state index in [0.29, 0.717) is 12.0 Å².